The molecular weight excluding hydrogens is 176 g/mol. The minimum atomic E-state index is -0.0723. The second-order valence-corrected chi connectivity index (χ2v) is 5.86. The van der Waals surface area contributed by atoms with Crippen molar-refractivity contribution in [1.29, 1.82) is 0 Å². The Morgan fingerprint density at radius 1 is 1.73 bits per heavy atom. The lowest BCUT2D eigenvalue weighted by molar-refractivity contribution is 0.276. The molecule has 0 saturated carbocycles. The van der Waals surface area contributed by atoms with Crippen LogP contribution in [0.2, 0.25) is 0 Å². The molecule has 0 aromatic carbocycles. The van der Waals surface area contributed by atoms with E-state index in [2.05, 4.69) is 5.92 Å². The van der Waals surface area contributed by atoms with E-state index in [1.165, 1.54) is 23.5 Å². The van der Waals surface area contributed by atoms with Gasteiger partial charge in [-0.25, -0.2) is 0 Å². The van der Waals surface area contributed by atoms with Gasteiger partial charge in [0, 0.05) is 16.4 Å². The predicted molar refractivity (Wildman–Crippen MR) is 51.8 cm³/mol. The van der Waals surface area contributed by atoms with E-state index in [1.54, 1.807) is 0 Å². The molecule has 60 valence electrons. The van der Waals surface area contributed by atoms with E-state index in [-0.39, 0.29) is 15.1 Å². The molecule has 0 spiro atoms. The number of thioether (sulfide) groups is 2. The van der Waals surface area contributed by atoms with E-state index in [0.717, 1.165) is 5.75 Å². The van der Waals surface area contributed by atoms with E-state index in [9.17, 15) is 4.79 Å². The second kappa shape index (κ2) is 3.12. The lowest BCUT2D eigenvalue weighted by Crippen LogP contribution is -2.32. The molecule has 1 aliphatic rings. The van der Waals surface area contributed by atoms with Crippen LogP contribution in [0.25, 0.3) is 0 Å². The summed E-state index contributed by atoms with van der Waals surface area (Å²) < 4.78 is 0.123. The first-order valence-corrected chi connectivity index (χ1v) is 5.18. The fraction of sp³-hybridized carbons (Fsp3) is 0.625. The van der Waals surface area contributed by atoms with Crippen molar-refractivity contribution < 1.29 is 4.79 Å². The summed E-state index contributed by atoms with van der Waals surface area (Å²) in [5.41, 5.74) is 0. The molecule has 3 heteroatoms. The Bertz CT molecular complexity index is 215. The van der Waals surface area contributed by atoms with Crippen LogP contribution in [0.5, 0.6) is 0 Å². The molecule has 1 unspecified atom stereocenters. The SMILES string of the molecule is C#CC1CSC(=O)SC1(C)C. The molecule has 1 nitrogen and oxygen atoms in total. The Balaban J connectivity index is 2.73. The Morgan fingerprint density at radius 2 is 2.36 bits per heavy atom. The van der Waals surface area contributed by atoms with Gasteiger partial charge in [-0.3, -0.25) is 4.79 Å². The summed E-state index contributed by atoms with van der Waals surface area (Å²) in [6.07, 6.45) is 5.34. The molecule has 1 heterocycles. The zero-order valence-electron chi connectivity index (χ0n) is 6.59. The van der Waals surface area contributed by atoms with Gasteiger partial charge in [-0.2, -0.15) is 0 Å². The first kappa shape index (κ1) is 9.02. The van der Waals surface area contributed by atoms with Gasteiger partial charge in [0.15, 0.2) is 0 Å². The molecule has 0 amide bonds. The zero-order chi connectivity index (χ0) is 8.48. The number of terminal acetylenes is 1. The van der Waals surface area contributed by atoms with Crippen LogP contribution in [-0.2, 0) is 0 Å². The number of carbonyl (C=O) groups is 1. The molecule has 0 aliphatic carbocycles. The lowest BCUT2D eigenvalue weighted by atomic mass is 9.98. The molecular formula is C8H10OS2. The van der Waals surface area contributed by atoms with E-state index in [4.69, 9.17) is 6.42 Å². The normalized spacial score (nSPS) is 29.5. The largest absolute Gasteiger partial charge is 0.274 e. The molecule has 0 aromatic rings. The van der Waals surface area contributed by atoms with E-state index >= 15 is 0 Å². The maximum atomic E-state index is 11.0. The molecule has 0 radical (unpaired) electrons. The average Bonchev–Trinajstić information content (AvgIpc) is 1.85. The van der Waals surface area contributed by atoms with Crippen molar-refractivity contribution in [3.05, 3.63) is 0 Å². The van der Waals surface area contributed by atoms with Crippen molar-refractivity contribution in [2.75, 3.05) is 5.75 Å². The fourth-order valence-electron chi connectivity index (χ4n) is 0.916. The van der Waals surface area contributed by atoms with Gasteiger partial charge >= 0.3 is 0 Å². The zero-order valence-corrected chi connectivity index (χ0v) is 8.22. The van der Waals surface area contributed by atoms with Gasteiger partial charge in [0.25, 0.3) is 0 Å². The summed E-state index contributed by atoms with van der Waals surface area (Å²) in [4.78, 5) is 11.0. The average molecular weight is 186 g/mol. The summed E-state index contributed by atoms with van der Waals surface area (Å²) in [5, 5.41) is 0. The van der Waals surface area contributed by atoms with Gasteiger partial charge in [0.2, 0.25) is 4.45 Å². The quantitative estimate of drug-likeness (QED) is 0.541. The third kappa shape index (κ3) is 1.94. The summed E-state index contributed by atoms with van der Waals surface area (Å²) in [6, 6.07) is 0. The van der Waals surface area contributed by atoms with Crippen LogP contribution in [-0.4, -0.2) is 14.9 Å². The molecule has 0 aromatic heterocycles. The van der Waals surface area contributed by atoms with Gasteiger partial charge in [-0.1, -0.05) is 23.5 Å². The maximum absolute atomic E-state index is 11.0. The molecule has 11 heavy (non-hydrogen) atoms. The van der Waals surface area contributed by atoms with Crippen LogP contribution < -0.4 is 0 Å². The molecule has 1 saturated heterocycles. The van der Waals surface area contributed by atoms with Crippen LogP contribution >= 0.6 is 23.5 Å². The van der Waals surface area contributed by atoms with Crippen molar-refractivity contribution in [1.82, 2.24) is 0 Å². The van der Waals surface area contributed by atoms with E-state index in [0.29, 0.717) is 0 Å². The number of carbonyl (C=O) groups excluding carboxylic acids is 1. The number of rotatable bonds is 0. The molecule has 1 rings (SSSR count). The highest BCUT2D eigenvalue weighted by Gasteiger charge is 2.36. The Morgan fingerprint density at radius 3 is 2.82 bits per heavy atom. The van der Waals surface area contributed by atoms with Gasteiger partial charge in [0.05, 0.1) is 0 Å². The standard InChI is InChI=1S/C8H10OS2/c1-4-6-5-10-7(9)11-8(6,2)3/h1,6H,5H2,2-3H3. The summed E-state index contributed by atoms with van der Waals surface area (Å²) in [7, 11) is 0. The lowest BCUT2D eigenvalue weighted by Gasteiger charge is -2.32. The third-order valence-electron chi connectivity index (χ3n) is 1.75. The van der Waals surface area contributed by atoms with Crippen molar-refractivity contribution in [2.45, 2.75) is 18.6 Å². The minimum Gasteiger partial charge on any atom is -0.274 e. The fourth-order valence-corrected chi connectivity index (χ4v) is 3.64. The van der Waals surface area contributed by atoms with Gasteiger partial charge < -0.3 is 0 Å². The highest BCUT2D eigenvalue weighted by atomic mass is 32.2. The monoisotopic (exact) mass is 186 g/mol. The van der Waals surface area contributed by atoms with Crippen LogP contribution in [0.3, 0.4) is 0 Å². The van der Waals surface area contributed by atoms with Crippen LogP contribution in [0.4, 0.5) is 4.79 Å². The van der Waals surface area contributed by atoms with Crippen LogP contribution in [0, 0.1) is 18.3 Å². The number of hydrogen-bond acceptors (Lipinski definition) is 3. The van der Waals surface area contributed by atoms with Crippen molar-refractivity contribution in [2.24, 2.45) is 5.92 Å². The van der Waals surface area contributed by atoms with E-state index in [1.807, 2.05) is 13.8 Å². The molecule has 1 aliphatic heterocycles. The molecule has 1 atom stereocenters. The smallest absolute Gasteiger partial charge is 0.246 e. The third-order valence-corrected chi connectivity index (χ3v) is 4.07. The highest BCUT2D eigenvalue weighted by molar-refractivity contribution is 8.39. The topological polar surface area (TPSA) is 17.1 Å². The highest BCUT2D eigenvalue weighted by Crippen LogP contribution is 2.42. The van der Waals surface area contributed by atoms with Crippen molar-refractivity contribution in [3.8, 4) is 12.3 Å². The maximum Gasteiger partial charge on any atom is 0.246 e. The first-order chi connectivity index (χ1) is 5.06. The summed E-state index contributed by atoms with van der Waals surface area (Å²) in [6.45, 7) is 4.06. The minimum absolute atomic E-state index is 0.0723. The predicted octanol–water partition coefficient (Wildman–Crippen LogP) is 2.61. The number of hydrogen-bond donors (Lipinski definition) is 0. The van der Waals surface area contributed by atoms with Gasteiger partial charge in [0.1, 0.15) is 0 Å². The molecule has 0 bridgehead atoms. The van der Waals surface area contributed by atoms with Crippen LogP contribution in [0.15, 0.2) is 0 Å². The second-order valence-electron chi connectivity index (χ2n) is 2.99. The van der Waals surface area contributed by atoms with Gasteiger partial charge in [-0.15, -0.1) is 12.3 Å². The molecule has 1 fully saturated rings. The summed E-state index contributed by atoms with van der Waals surface area (Å²) >= 11 is 2.69. The summed E-state index contributed by atoms with van der Waals surface area (Å²) in [5.74, 6) is 3.71. The van der Waals surface area contributed by atoms with Crippen molar-refractivity contribution in [3.63, 3.8) is 0 Å². The van der Waals surface area contributed by atoms with Crippen LogP contribution in [0.1, 0.15) is 13.8 Å². The Kier molecular flexibility index (Phi) is 2.56. The Labute approximate surface area is 75.7 Å². The Hall–Kier alpha value is -0.0700. The van der Waals surface area contributed by atoms with Gasteiger partial charge in [-0.05, 0) is 13.8 Å². The van der Waals surface area contributed by atoms with Crippen molar-refractivity contribution >= 4 is 28.0 Å². The molecule has 0 N–H and O–H groups in total. The first-order valence-electron chi connectivity index (χ1n) is 3.38. The van der Waals surface area contributed by atoms with E-state index < -0.39 is 0 Å².